The Morgan fingerprint density at radius 3 is 2.94 bits per heavy atom. The Morgan fingerprint density at radius 1 is 1.50 bits per heavy atom. The molecule has 0 spiro atoms. The molecule has 0 aliphatic heterocycles. The van der Waals surface area contributed by atoms with E-state index in [4.69, 9.17) is 10.5 Å². The van der Waals surface area contributed by atoms with Gasteiger partial charge in [-0.2, -0.15) is 0 Å². The lowest BCUT2D eigenvalue weighted by Crippen LogP contribution is -2.04. The van der Waals surface area contributed by atoms with Gasteiger partial charge >= 0.3 is 0 Å². The summed E-state index contributed by atoms with van der Waals surface area (Å²) < 4.78 is 20.5. The van der Waals surface area contributed by atoms with E-state index in [1.165, 1.54) is 26.0 Å². The molecule has 0 atom stereocenters. The molecule has 2 aromatic rings. The fraction of sp³-hybridized carbons (Fsp3) is 0.462. The largest absolute Gasteiger partial charge is 0.494 e. The smallest absolute Gasteiger partial charge is 0.201 e. The third-order valence-electron chi connectivity index (χ3n) is 3.51. The Bertz CT molecular complexity index is 589. The van der Waals surface area contributed by atoms with Crippen LogP contribution in [0.4, 0.5) is 10.3 Å². The maximum absolute atomic E-state index is 13.6. The number of fused-ring (bicyclic) bond motifs is 1. The van der Waals surface area contributed by atoms with E-state index in [-0.39, 0.29) is 5.75 Å². The third-order valence-corrected chi connectivity index (χ3v) is 3.51. The molecule has 1 heterocycles. The van der Waals surface area contributed by atoms with Crippen LogP contribution < -0.4 is 10.5 Å². The molecule has 1 saturated carbocycles. The molecule has 96 valence electrons. The fourth-order valence-corrected chi connectivity index (χ4v) is 2.25. The molecule has 2 N–H and O–H groups in total. The summed E-state index contributed by atoms with van der Waals surface area (Å²) in [5.74, 6) is 1.09. The van der Waals surface area contributed by atoms with Crippen LogP contribution in [-0.4, -0.2) is 16.7 Å². The van der Waals surface area contributed by atoms with Crippen molar-refractivity contribution in [2.45, 2.75) is 25.8 Å². The standard InChI is InChI=1S/C13H16FN3O/c1-18-12-7-11-10(6-9(12)14)16-13(15)17(11)5-4-8-2-3-8/h6-8H,2-5H2,1H3,(H2,15,16). The van der Waals surface area contributed by atoms with Crippen molar-refractivity contribution in [1.82, 2.24) is 9.55 Å². The molecular formula is C13H16FN3O. The second-order valence-electron chi connectivity index (χ2n) is 4.83. The Morgan fingerprint density at radius 2 is 2.28 bits per heavy atom. The first-order valence-electron chi connectivity index (χ1n) is 6.18. The van der Waals surface area contributed by atoms with Crippen molar-refractivity contribution in [1.29, 1.82) is 0 Å². The van der Waals surface area contributed by atoms with Gasteiger partial charge in [-0.1, -0.05) is 12.8 Å². The monoisotopic (exact) mass is 249 g/mol. The van der Waals surface area contributed by atoms with E-state index < -0.39 is 5.82 Å². The molecule has 3 rings (SSSR count). The molecule has 5 heteroatoms. The molecule has 0 saturated heterocycles. The highest BCUT2D eigenvalue weighted by atomic mass is 19.1. The number of hydrogen-bond acceptors (Lipinski definition) is 3. The van der Waals surface area contributed by atoms with Crippen molar-refractivity contribution in [2.24, 2.45) is 5.92 Å². The van der Waals surface area contributed by atoms with Crippen molar-refractivity contribution < 1.29 is 9.13 Å². The van der Waals surface area contributed by atoms with Crippen molar-refractivity contribution in [3.63, 3.8) is 0 Å². The summed E-state index contributed by atoms with van der Waals surface area (Å²) in [6.45, 7) is 0.835. The number of hydrogen-bond donors (Lipinski definition) is 1. The number of rotatable bonds is 4. The summed E-state index contributed by atoms with van der Waals surface area (Å²) >= 11 is 0. The zero-order valence-corrected chi connectivity index (χ0v) is 10.3. The van der Waals surface area contributed by atoms with Crippen LogP contribution in [0.25, 0.3) is 11.0 Å². The number of aryl methyl sites for hydroxylation is 1. The maximum Gasteiger partial charge on any atom is 0.201 e. The Balaban J connectivity index is 2.02. The SMILES string of the molecule is COc1cc2c(cc1F)nc(N)n2CCC1CC1. The molecule has 1 fully saturated rings. The highest BCUT2D eigenvalue weighted by molar-refractivity contribution is 5.80. The molecule has 0 amide bonds. The Kier molecular flexibility index (Phi) is 2.61. The zero-order valence-electron chi connectivity index (χ0n) is 10.3. The van der Waals surface area contributed by atoms with Crippen molar-refractivity contribution >= 4 is 17.0 Å². The molecule has 18 heavy (non-hydrogen) atoms. The first-order chi connectivity index (χ1) is 8.69. The molecule has 1 aromatic heterocycles. The van der Waals surface area contributed by atoms with Crippen LogP contribution in [0.1, 0.15) is 19.3 Å². The minimum atomic E-state index is -0.406. The number of nitrogen functional groups attached to an aromatic ring is 1. The van der Waals surface area contributed by atoms with Crippen molar-refractivity contribution in [3.8, 4) is 5.75 Å². The van der Waals surface area contributed by atoms with Crippen LogP contribution in [0.15, 0.2) is 12.1 Å². The molecule has 0 bridgehead atoms. The molecule has 1 aliphatic rings. The van der Waals surface area contributed by atoms with Crippen LogP contribution in [0.5, 0.6) is 5.75 Å². The van der Waals surface area contributed by atoms with Gasteiger partial charge in [-0.15, -0.1) is 0 Å². The lowest BCUT2D eigenvalue weighted by molar-refractivity contribution is 0.387. The van der Waals surface area contributed by atoms with Gasteiger partial charge in [0.1, 0.15) is 0 Å². The molecule has 0 unspecified atom stereocenters. The summed E-state index contributed by atoms with van der Waals surface area (Å²) in [6, 6.07) is 3.04. The third kappa shape index (κ3) is 1.89. The molecule has 1 aliphatic carbocycles. The number of ether oxygens (including phenoxy) is 1. The highest BCUT2D eigenvalue weighted by Gasteiger charge is 2.22. The molecular weight excluding hydrogens is 233 g/mol. The van der Waals surface area contributed by atoms with E-state index in [2.05, 4.69) is 4.98 Å². The average Bonchev–Trinajstić information content (AvgIpc) is 3.11. The second-order valence-corrected chi connectivity index (χ2v) is 4.83. The van der Waals surface area contributed by atoms with Crippen molar-refractivity contribution in [3.05, 3.63) is 17.9 Å². The summed E-state index contributed by atoms with van der Waals surface area (Å²) in [4.78, 5) is 4.19. The van der Waals surface area contributed by atoms with Gasteiger partial charge in [0.05, 0.1) is 18.1 Å². The highest BCUT2D eigenvalue weighted by Crippen LogP contribution is 2.34. The molecule has 0 radical (unpaired) electrons. The van der Waals surface area contributed by atoms with Crippen LogP contribution in [0.2, 0.25) is 0 Å². The van der Waals surface area contributed by atoms with E-state index in [0.29, 0.717) is 11.5 Å². The van der Waals surface area contributed by atoms with E-state index in [9.17, 15) is 4.39 Å². The topological polar surface area (TPSA) is 53.1 Å². The van der Waals surface area contributed by atoms with E-state index in [1.807, 2.05) is 4.57 Å². The number of nitrogens with zero attached hydrogens (tertiary/aromatic N) is 2. The fourth-order valence-electron chi connectivity index (χ4n) is 2.25. The summed E-state index contributed by atoms with van der Waals surface area (Å²) in [5.41, 5.74) is 7.31. The predicted octanol–water partition coefficient (Wildman–Crippen LogP) is 2.57. The lowest BCUT2D eigenvalue weighted by Gasteiger charge is -2.07. The van der Waals surface area contributed by atoms with Crippen LogP contribution in [0.3, 0.4) is 0 Å². The summed E-state index contributed by atoms with van der Waals surface area (Å²) in [7, 11) is 1.46. The average molecular weight is 249 g/mol. The molecule has 4 nitrogen and oxygen atoms in total. The van der Waals surface area contributed by atoms with Crippen LogP contribution in [0, 0.1) is 11.7 Å². The number of aromatic nitrogens is 2. The first kappa shape index (κ1) is 11.3. The van der Waals surface area contributed by atoms with E-state index >= 15 is 0 Å². The van der Waals surface area contributed by atoms with Gasteiger partial charge in [-0.05, 0) is 12.3 Å². The van der Waals surface area contributed by atoms with Gasteiger partial charge in [0.15, 0.2) is 11.6 Å². The van der Waals surface area contributed by atoms with Gasteiger partial charge in [-0.25, -0.2) is 9.37 Å². The number of halogens is 1. The van der Waals surface area contributed by atoms with Crippen LogP contribution >= 0.6 is 0 Å². The lowest BCUT2D eigenvalue weighted by atomic mass is 10.2. The maximum atomic E-state index is 13.6. The number of imidazole rings is 1. The van der Waals surface area contributed by atoms with E-state index in [0.717, 1.165) is 24.4 Å². The number of nitrogens with two attached hydrogens (primary N) is 1. The predicted molar refractivity (Wildman–Crippen MR) is 68.0 cm³/mol. The summed E-state index contributed by atoms with van der Waals surface area (Å²) in [5, 5.41) is 0. The minimum Gasteiger partial charge on any atom is -0.494 e. The minimum absolute atomic E-state index is 0.232. The van der Waals surface area contributed by atoms with Gasteiger partial charge < -0.3 is 15.0 Å². The number of anilines is 1. The zero-order chi connectivity index (χ0) is 12.7. The van der Waals surface area contributed by atoms with Gasteiger partial charge in [0.2, 0.25) is 5.95 Å². The van der Waals surface area contributed by atoms with E-state index in [1.54, 1.807) is 6.07 Å². The van der Waals surface area contributed by atoms with Crippen LogP contribution in [-0.2, 0) is 6.54 Å². The van der Waals surface area contributed by atoms with Gasteiger partial charge in [-0.3, -0.25) is 0 Å². The van der Waals surface area contributed by atoms with Crippen molar-refractivity contribution in [2.75, 3.05) is 12.8 Å². The van der Waals surface area contributed by atoms with Gasteiger partial charge in [0, 0.05) is 18.7 Å². The van der Waals surface area contributed by atoms with Gasteiger partial charge in [0.25, 0.3) is 0 Å². The second kappa shape index (κ2) is 4.15. The normalized spacial score (nSPS) is 15.2. The Hall–Kier alpha value is -1.78. The number of methoxy groups -OCH3 is 1. The number of benzene rings is 1. The molecule has 1 aromatic carbocycles. The Labute approximate surface area is 105 Å². The first-order valence-corrected chi connectivity index (χ1v) is 6.18. The quantitative estimate of drug-likeness (QED) is 0.906. The summed E-state index contributed by atoms with van der Waals surface area (Å²) in [6.07, 6.45) is 3.73.